The SMILES string of the molecule is CCCCCCCCCCCCCCC/C=C/CC/C=C/C(O)C(COC1OC(CO)C(O)C(O)C1O)NC(=O)CCCCC. The van der Waals surface area contributed by atoms with Crippen molar-refractivity contribution in [3.8, 4) is 0 Å². The zero-order valence-corrected chi connectivity index (χ0v) is 28.4. The summed E-state index contributed by atoms with van der Waals surface area (Å²) in [6, 6.07) is -0.811. The van der Waals surface area contributed by atoms with Gasteiger partial charge in [0.1, 0.15) is 24.4 Å². The molecule has 7 atom stereocenters. The van der Waals surface area contributed by atoms with Gasteiger partial charge in [0.25, 0.3) is 0 Å². The average molecular weight is 642 g/mol. The summed E-state index contributed by atoms with van der Waals surface area (Å²) in [5, 5.41) is 53.3. The molecule has 0 bridgehead atoms. The molecule has 1 fully saturated rings. The van der Waals surface area contributed by atoms with Crippen molar-refractivity contribution in [1.29, 1.82) is 0 Å². The Hall–Kier alpha value is -1.33. The highest BCUT2D eigenvalue weighted by atomic mass is 16.7. The number of carbonyl (C=O) groups excluding carboxylic acids is 1. The van der Waals surface area contributed by atoms with E-state index in [0.717, 1.165) is 38.5 Å². The maximum Gasteiger partial charge on any atom is 0.220 e. The summed E-state index contributed by atoms with van der Waals surface area (Å²) in [6.07, 6.45) is 23.1. The van der Waals surface area contributed by atoms with Gasteiger partial charge in [-0.2, -0.15) is 0 Å². The topological polar surface area (TPSA) is 149 Å². The second-order valence-corrected chi connectivity index (χ2v) is 12.7. The predicted octanol–water partition coefficient (Wildman–Crippen LogP) is 5.60. The molecule has 1 aliphatic rings. The van der Waals surface area contributed by atoms with Gasteiger partial charge in [-0.15, -0.1) is 0 Å². The van der Waals surface area contributed by atoms with Crippen LogP contribution >= 0.6 is 0 Å². The highest BCUT2D eigenvalue weighted by Gasteiger charge is 2.44. The van der Waals surface area contributed by atoms with E-state index in [2.05, 4.69) is 31.3 Å². The molecule has 1 amide bonds. The summed E-state index contributed by atoms with van der Waals surface area (Å²) in [6.45, 7) is 3.55. The monoisotopic (exact) mass is 641 g/mol. The van der Waals surface area contributed by atoms with Crippen molar-refractivity contribution < 1.29 is 39.8 Å². The summed E-state index contributed by atoms with van der Waals surface area (Å²) in [7, 11) is 0. The smallest absolute Gasteiger partial charge is 0.220 e. The summed E-state index contributed by atoms with van der Waals surface area (Å²) < 4.78 is 11.0. The fourth-order valence-corrected chi connectivity index (χ4v) is 5.52. The first-order valence-electron chi connectivity index (χ1n) is 18.1. The van der Waals surface area contributed by atoms with Gasteiger partial charge < -0.3 is 40.3 Å². The maximum absolute atomic E-state index is 12.5. The van der Waals surface area contributed by atoms with E-state index in [0.29, 0.717) is 6.42 Å². The molecular formula is C36H67NO8. The van der Waals surface area contributed by atoms with E-state index < -0.39 is 49.5 Å². The van der Waals surface area contributed by atoms with Crippen molar-refractivity contribution in [2.45, 2.75) is 185 Å². The van der Waals surface area contributed by atoms with E-state index in [1.54, 1.807) is 6.08 Å². The minimum atomic E-state index is -1.56. The van der Waals surface area contributed by atoms with Crippen LogP contribution in [0.5, 0.6) is 0 Å². The molecule has 0 aliphatic carbocycles. The molecular weight excluding hydrogens is 574 g/mol. The lowest BCUT2D eigenvalue weighted by Gasteiger charge is -2.40. The van der Waals surface area contributed by atoms with Crippen LogP contribution in [0.3, 0.4) is 0 Å². The first-order chi connectivity index (χ1) is 21.8. The van der Waals surface area contributed by atoms with Crippen molar-refractivity contribution in [3.05, 3.63) is 24.3 Å². The second-order valence-electron chi connectivity index (χ2n) is 12.7. The van der Waals surface area contributed by atoms with Crippen LogP contribution in [-0.2, 0) is 14.3 Å². The normalized spacial score (nSPS) is 23.6. The number of hydrogen-bond donors (Lipinski definition) is 6. The predicted molar refractivity (Wildman–Crippen MR) is 180 cm³/mol. The summed E-state index contributed by atoms with van der Waals surface area (Å²) in [4.78, 5) is 12.5. The van der Waals surface area contributed by atoms with Crippen molar-refractivity contribution >= 4 is 5.91 Å². The number of allylic oxidation sites excluding steroid dienone is 3. The van der Waals surface area contributed by atoms with Gasteiger partial charge in [-0.25, -0.2) is 0 Å². The van der Waals surface area contributed by atoms with Gasteiger partial charge in [-0.05, 0) is 32.1 Å². The molecule has 0 radical (unpaired) electrons. The molecule has 0 spiro atoms. The van der Waals surface area contributed by atoms with Gasteiger partial charge >= 0.3 is 0 Å². The number of unbranched alkanes of at least 4 members (excludes halogenated alkanes) is 16. The van der Waals surface area contributed by atoms with Crippen LogP contribution in [0.25, 0.3) is 0 Å². The third-order valence-electron chi connectivity index (χ3n) is 8.53. The van der Waals surface area contributed by atoms with E-state index in [9.17, 15) is 30.3 Å². The van der Waals surface area contributed by atoms with Gasteiger partial charge in [0.05, 0.1) is 25.4 Å². The first kappa shape index (κ1) is 41.7. The van der Waals surface area contributed by atoms with E-state index in [4.69, 9.17) is 9.47 Å². The molecule has 9 heteroatoms. The van der Waals surface area contributed by atoms with E-state index >= 15 is 0 Å². The minimum absolute atomic E-state index is 0.202. The van der Waals surface area contributed by atoms with Crippen LogP contribution in [0.4, 0.5) is 0 Å². The lowest BCUT2D eigenvalue weighted by atomic mass is 9.99. The Morgan fingerprint density at radius 3 is 1.87 bits per heavy atom. The summed E-state index contributed by atoms with van der Waals surface area (Å²) >= 11 is 0. The Morgan fingerprint density at radius 2 is 1.27 bits per heavy atom. The zero-order valence-electron chi connectivity index (χ0n) is 28.4. The van der Waals surface area contributed by atoms with Crippen LogP contribution in [0.2, 0.25) is 0 Å². The molecule has 0 aromatic rings. The highest BCUT2D eigenvalue weighted by Crippen LogP contribution is 2.22. The Labute approximate surface area is 273 Å². The first-order valence-corrected chi connectivity index (χ1v) is 18.1. The molecule has 1 rings (SSSR count). The van der Waals surface area contributed by atoms with E-state index in [1.807, 2.05) is 6.08 Å². The third-order valence-corrected chi connectivity index (χ3v) is 8.53. The quantitative estimate of drug-likeness (QED) is 0.0478. The molecule has 7 unspecified atom stereocenters. The number of amides is 1. The van der Waals surface area contributed by atoms with Gasteiger partial charge in [-0.1, -0.05) is 128 Å². The standard InChI is InChI=1S/C36H67NO8/c1-3-5-7-8-9-10-11-12-13-14-15-16-17-18-19-20-21-22-24-25-30(39)29(37-32(40)26-23-6-4-2)28-44-36-35(43)34(42)33(41)31(27-38)45-36/h19-20,24-25,29-31,33-36,38-39,41-43H,3-18,21-23,26-28H2,1-2H3,(H,37,40)/b20-19+,25-24+. The largest absolute Gasteiger partial charge is 0.394 e. The van der Waals surface area contributed by atoms with Crippen molar-refractivity contribution in [1.82, 2.24) is 5.32 Å². The molecule has 0 aromatic carbocycles. The van der Waals surface area contributed by atoms with Gasteiger partial charge in [0, 0.05) is 6.42 Å². The lowest BCUT2D eigenvalue weighted by Crippen LogP contribution is -2.60. The second kappa shape index (κ2) is 27.8. The lowest BCUT2D eigenvalue weighted by molar-refractivity contribution is -0.302. The molecule has 1 heterocycles. The number of carbonyl (C=O) groups is 1. The Balaban J connectivity index is 2.33. The zero-order chi connectivity index (χ0) is 33.1. The Morgan fingerprint density at radius 1 is 0.733 bits per heavy atom. The van der Waals surface area contributed by atoms with E-state index in [1.165, 1.54) is 83.5 Å². The molecule has 264 valence electrons. The van der Waals surface area contributed by atoms with Crippen LogP contribution in [0.15, 0.2) is 24.3 Å². The molecule has 45 heavy (non-hydrogen) atoms. The number of rotatable bonds is 28. The molecule has 9 nitrogen and oxygen atoms in total. The fraction of sp³-hybridized carbons (Fsp3) is 0.861. The van der Waals surface area contributed by atoms with Gasteiger partial charge in [-0.3, -0.25) is 4.79 Å². The molecule has 6 N–H and O–H groups in total. The molecule has 1 saturated heterocycles. The third kappa shape index (κ3) is 19.8. The summed E-state index contributed by atoms with van der Waals surface area (Å²) in [5.41, 5.74) is 0. The van der Waals surface area contributed by atoms with Crippen molar-refractivity contribution in [2.24, 2.45) is 0 Å². The van der Waals surface area contributed by atoms with Gasteiger partial charge in [0.2, 0.25) is 5.91 Å². The minimum Gasteiger partial charge on any atom is -0.394 e. The van der Waals surface area contributed by atoms with Crippen LogP contribution in [0, 0.1) is 0 Å². The number of aliphatic hydroxyl groups excluding tert-OH is 5. The van der Waals surface area contributed by atoms with Crippen LogP contribution < -0.4 is 5.32 Å². The van der Waals surface area contributed by atoms with Crippen LogP contribution in [0.1, 0.15) is 142 Å². The average Bonchev–Trinajstić information content (AvgIpc) is 3.03. The van der Waals surface area contributed by atoms with Crippen molar-refractivity contribution in [3.63, 3.8) is 0 Å². The Kier molecular flexibility index (Phi) is 25.7. The number of aliphatic hydroxyl groups is 5. The van der Waals surface area contributed by atoms with Crippen molar-refractivity contribution in [2.75, 3.05) is 13.2 Å². The number of nitrogens with one attached hydrogen (secondary N) is 1. The highest BCUT2D eigenvalue weighted by molar-refractivity contribution is 5.76. The number of hydrogen-bond acceptors (Lipinski definition) is 8. The maximum atomic E-state index is 12.5. The summed E-state index contributed by atoms with van der Waals surface area (Å²) in [5.74, 6) is -0.214. The number of ether oxygens (including phenoxy) is 2. The molecule has 1 aliphatic heterocycles. The molecule has 0 saturated carbocycles. The Bertz CT molecular complexity index is 761. The molecule has 0 aromatic heterocycles. The van der Waals surface area contributed by atoms with Crippen LogP contribution in [-0.4, -0.2) is 87.5 Å². The van der Waals surface area contributed by atoms with Gasteiger partial charge in [0.15, 0.2) is 6.29 Å². The van der Waals surface area contributed by atoms with E-state index in [-0.39, 0.29) is 12.5 Å². The fourth-order valence-electron chi connectivity index (χ4n) is 5.52.